The minimum absolute atomic E-state index is 0.0942. The lowest BCUT2D eigenvalue weighted by Gasteiger charge is -2.30. The van der Waals surface area contributed by atoms with Gasteiger partial charge in [-0.25, -0.2) is 4.98 Å². The fraction of sp³-hybridized carbons (Fsp3) is 0.150. The summed E-state index contributed by atoms with van der Waals surface area (Å²) in [5.41, 5.74) is 5.67. The van der Waals surface area contributed by atoms with E-state index in [2.05, 4.69) is 10.3 Å². The second-order valence-electron chi connectivity index (χ2n) is 6.28. The topological polar surface area (TPSA) is 62.3 Å². The molecule has 1 aliphatic rings. The van der Waals surface area contributed by atoms with E-state index in [0.717, 1.165) is 16.8 Å². The van der Waals surface area contributed by atoms with Crippen molar-refractivity contribution >= 4 is 46.1 Å². The van der Waals surface area contributed by atoms with Crippen LogP contribution < -0.4 is 10.2 Å². The molecular formula is C20H16ClN3O2S. The van der Waals surface area contributed by atoms with E-state index in [1.165, 1.54) is 11.3 Å². The van der Waals surface area contributed by atoms with E-state index in [1.807, 2.05) is 42.5 Å². The molecule has 2 aromatic carbocycles. The number of amides is 2. The van der Waals surface area contributed by atoms with Crippen LogP contribution in [0.5, 0.6) is 0 Å². The zero-order chi connectivity index (χ0) is 18.8. The number of fused-ring (bicyclic) bond motifs is 1. The number of nitrogens with one attached hydrogen (secondary N) is 1. The second kappa shape index (κ2) is 7.50. The van der Waals surface area contributed by atoms with Crippen molar-refractivity contribution in [2.75, 3.05) is 10.2 Å². The molecule has 0 atom stereocenters. The van der Waals surface area contributed by atoms with Crippen molar-refractivity contribution in [3.8, 4) is 0 Å². The van der Waals surface area contributed by atoms with Crippen LogP contribution in [0, 0.1) is 0 Å². The van der Waals surface area contributed by atoms with Gasteiger partial charge in [0.25, 0.3) is 5.91 Å². The Labute approximate surface area is 165 Å². The Morgan fingerprint density at radius 3 is 2.74 bits per heavy atom. The highest BCUT2D eigenvalue weighted by Crippen LogP contribution is 2.32. The van der Waals surface area contributed by atoms with Crippen LogP contribution in [0.2, 0.25) is 5.02 Å². The molecule has 7 heteroatoms. The lowest BCUT2D eigenvalue weighted by Crippen LogP contribution is -2.34. The average Bonchev–Trinajstić information content (AvgIpc) is 3.21. The van der Waals surface area contributed by atoms with E-state index in [-0.39, 0.29) is 11.8 Å². The maximum absolute atomic E-state index is 12.5. The fourth-order valence-electron chi connectivity index (χ4n) is 3.10. The Morgan fingerprint density at radius 1 is 1.19 bits per heavy atom. The van der Waals surface area contributed by atoms with E-state index in [0.29, 0.717) is 35.8 Å². The number of hydrogen-bond donors (Lipinski definition) is 1. The van der Waals surface area contributed by atoms with Gasteiger partial charge in [-0.05, 0) is 47.9 Å². The van der Waals surface area contributed by atoms with Crippen molar-refractivity contribution < 1.29 is 9.59 Å². The molecule has 0 spiro atoms. The van der Waals surface area contributed by atoms with Crippen molar-refractivity contribution in [3.05, 3.63) is 75.2 Å². The fourth-order valence-corrected chi connectivity index (χ4v) is 3.76. The molecule has 0 unspecified atom stereocenters. The second-order valence-corrected chi connectivity index (χ2v) is 7.43. The minimum atomic E-state index is -0.235. The van der Waals surface area contributed by atoms with Gasteiger partial charge in [0.2, 0.25) is 5.91 Å². The summed E-state index contributed by atoms with van der Waals surface area (Å²) in [7, 11) is 0. The predicted molar refractivity (Wildman–Crippen MR) is 107 cm³/mol. The molecule has 1 aliphatic heterocycles. The number of aryl methyl sites for hydroxylation is 1. The third-order valence-corrected chi connectivity index (χ3v) is 5.29. The highest BCUT2D eigenvalue weighted by atomic mass is 35.5. The molecule has 136 valence electrons. The third kappa shape index (κ3) is 3.86. The highest BCUT2D eigenvalue weighted by molar-refractivity contribution is 7.07. The molecule has 4 rings (SSSR count). The Kier molecular flexibility index (Phi) is 4.92. The van der Waals surface area contributed by atoms with Crippen LogP contribution in [-0.4, -0.2) is 16.8 Å². The zero-order valence-electron chi connectivity index (χ0n) is 14.3. The summed E-state index contributed by atoms with van der Waals surface area (Å²) in [5.74, 6) is -0.141. The van der Waals surface area contributed by atoms with Crippen LogP contribution in [-0.2, 0) is 17.8 Å². The number of aromatic nitrogens is 1. The summed E-state index contributed by atoms with van der Waals surface area (Å²) in [6.45, 7) is 0.494. The first kappa shape index (κ1) is 17.7. The number of hydrogen-bond acceptors (Lipinski definition) is 4. The molecule has 0 saturated carbocycles. The largest absolute Gasteiger partial charge is 0.321 e. The molecule has 0 fully saturated rings. The van der Waals surface area contributed by atoms with E-state index >= 15 is 0 Å². The first-order chi connectivity index (χ1) is 13.1. The van der Waals surface area contributed by atoms with Gasteiger partial charge in [-0.15, -0.1) is 11.3 Å². The minimum Gasteiger partial charge on any atom is -0.321 e. The van der Waals surface area contributed by atoms with Gasteiger partial charge in [0.15, 0.2) is 0 Å². The molecule has 1 N–H and O–H groups in total. The quantitative estimate of drug-likeness (QED) is 0.703. The van der Waals surface area contributed by atoms with Gasteiger partial charge in [-0.3, -0.25) is 9.59 Å². The van der Waals surface area contributed by atoms with Crippen LogP contribution in [0.3, 0.4) is 0 Å². The number of nitrogens with zero attached hydrogens (tertiary/aromatic N) is 2. The van der Waals surface area contributed by atoms with Crippen LogP contribution in [0.4, 0.5) is 11.4 Å². The number of thiazole rings is 1. The Bertz CT molecular complexity index is 987. The van der Waals surface area contributed by atoms with Gasteiger partial charge < -0.3 is 10.2 Å². The van der Waals surface area contributed by atoms with Crippen LogP contribution in [0.25, 0.3) is 0 Å². The lowest BCUT2D eigenvalue weighted by atomic mass is 9.99. The average molecular weight is 398 g/mol. The van der Waals surface area contributed by atoms with Gasteiger partial charge in [-0.1, -0.05) is 23.7 Å². The Morgan fingerprint density at radius 2 is 2.00 bits per heavy atom. The number of benzene rings is 2. The van der Waals surface area contributed by atoms with Crippen LogP contribution in [0.15, 0.2) is 53.4 Å². The molecule has 2 heterocycles. The van der Waals surface area contributed by atoms with Crippen LogP contribution in [0.1, 0.15) is 28.0 Å². The van der Waals surface area contributed by atoms with Crippen molar-refractivity contribution in [2.24, 2.45) is 0 Å². The first-order valence-corrected chi connectivity index (χ1v) is 9.79. The molecule has 5 nitrogen and oxygen atoms in total. The molecule has 0 bridgehead atoms. The molecular weight excluding hydrogens is 382 g/mol. The van der Waals surface area contributed by atoms with Crippen molar-refractivity contribution in [2.45, 2.75) is 19.4 Å². The van der Waals surface area contributed by atoms with E-state index in [4.69, 9.17) is 11.6 Å². The smallest absolute Gasteiger partial charge is 0.275 e. The molecule has 0 aliphatic carbocycles. The predicted octanol–water partition coefficient (Wildman–Crippen LogP) is 4.53. The summed E-state index contributed by atoms with van der Waals surface area (Å²) in [6.07, 6.45) is 1.11. The molecule has 0 radical (unpaired) electrons. The van der Waals surface area contributed by atoms with Gasteiger partial charge in [-0.2, -0.15) is 0 Å². The van der Waals surface area contributed by atoms with E-state index in [9.17, 15) is 9.59 Å². The van der Waals surface area contributed by atoms with Crippen molar-refractivity contribution in [1.29, 1.82) is 0 Å². The van der Waals surface area contributed by atoms with Gasteiger partial charge >= 0.3 is 0 Å². The van der Waals surface area contributed by atoms with Gasteiger partial charge in [0.1, 0.15) is 5.69 Å². The summed E-state index contributed by atoms with van der Waals surface area (Å²) < 4.78 is 0. The van der Waals surface area contributed by atoms with Gasteiger partial charge in [0.05, 0.1) is 12.1 Å². The van der Waals surface area contributed by atoms with Crippen LogP contribution >= 0.6 is 22.9 Å². The SMILES string of the molecule is O=C(Nc1ccc2c(c1)CCC(=O)N2Cc1ccc(Cl)cc1)c1cscn1. The maximum Gasteiger partial charge on any atom is 0.275 e. The standard InChI is InChI=1S/C20H16ClN3O2S/c21-15-4-1-13(2-5-15)10-24-18-7-6-16(9-14(18)3-8-19(24)25)23-20(26)17-11-27-12-22-17/h1-2,4-7,9,11-12H,3,8,10H2,(H,23,26). The molecule has 27 heavy (non-hydrogen) atoms. The molecule has 2 amide bonds. The number of carbonyl (C=O) groups is 2. The number of rotatable bonds is 4. The first-order valence-electron chi connectivity index (χ1n) is 8.47. The normalized spacial score (nSPS) is 13.4. The summed E-state index contributed by atoms with van der Waals surface area (Å²) in [6, 6.07) is 13.1. The number of anilines is 2. The summed E-state index contributed by atoms with van der Waals surface area (Å²) in [5, 5.41) is 5.24. The number of halogens is 1. The maximum atomic E-state index is 12.5. The summed E-state index contributed by atoms with van der Waals surface area (Å²) >= 11 is 7.32. The third-order valence-electron chi connectivity index (χ3n) is 4.46. The Balaban J connectivity index is 1.56. The monoisotopic (exact) mass is 397 g/mol. The number of carbonyl (C=O) groups excluding carboxylic acids is 2. The molecule has 1 aromatic heterocycles. The molecule has 3 aromatic rings. The van der Waals surface area contributed by atoms with Gasteiger partial charge in [0, 0.05) is 28.2 Å². The zero-order valence-corrected chi connectivity index (χ0v) is 15.9. The van der Waals surface area contributed by atoms with Crippen molar-refractivity contribution in [3.63, 3.8) is 0 Å². The van der Waals surface area contributed by atoms with E-state index < -0.39 is 0 Å². The van der Waals surface area contributed by atoms with E-state index in [1.54, 1.807) is 15.8 Å². The highest BCUT2D eigenvalue weighted by Gasteiger charge is 2.24. The Hall–Kier alpha value is -2.70. The van der Waals surface area contributed by atoms with Crippen molar-refractivity contribution in [1.82, 2.24) is 4.98 Å². The molecule has 0 saturated heterocycles. The summed E-state index contributed by atoms with van der Waals surface area (Å²) in [4.78, 5) is 30.5. The lowest BCUT2D eigenvalue weighted by molar-refractivity contribution is -0.119.